The van der Waals surface area contributed by atoms with Crippen molar-refractivity contribution in [3.8, 4) is 5.75 Å². The van der Waals surface area contributed by atoms with E-state index < -0.39 is 39.8 Å². The molecule has 1 saturated heterocycles. The molecule has 2 atom stereocenters. The predicted octanol–water partition coefficient (Wildman–Crippen LogP) is -1.61. The summed E-state index contributed by atoms with van der Waals surface area (Å²) in [5.41, 5.74) is 16.2. The SMILES string of the molecule is CC1(C)[C@H](NC(=O)C(=NOCCOc2ccc(C(N)=N[C@H](CN)CO)cc2)c2csc(N)n2)C(=O)N1OS(=O)(=O)O. The van der Waals surface area contributed by atoms with Crippen LogP contribution in [0.2, 0.25) is 0 Å². The summed E-state index contributed by atoms with van der Waals surface area (Å²) in [5, 5.41) is 17.5. The molecule has 1 aliphatic rings. The molecular formula is C22H30N8O9S2. The minimum atomic E-state index is -4.96. The number of thiazole rings is 1. The van der Waals surface area contributed by atoms with Crippen LogP contribution in [0.15, 0.2) is 39.8 Å². The fraction of sp³-hybridized carbons (Fsp3) is 0.409. The second-order valence-electron chi connectivity index (χ2n) is 9.00. The van der Waals surface area contributed by atoms with Crippen LogP contribution in [0.25, 0.3) is 0 Å². The van der Waals surface area contributed by atoms with Gasteiger partial charge in [0.1, 0.15) is 29.9 Å². The van der Waals surface area contributed by atoms with Crippen LogP contribution in [-0.4, -0.2) is 95.5 Å². The number of β-lactam (4-membered cyclic amide) rings is 1. The van der Waals surface area contributed by atoms with Crippen LogP contribution < -0.4 is 27.3 Å². The number of carbonyl (C=O) groups excluding carboxylic acids is 2. The summed E-state index contributed by atoms with van der Waals surface area (Å²) in [5.74, 6) is -1.07. The Labute approximate surface area is 238 Å². The molecule has 19 heteroatoms. The van der Waals surface area contributed by atoms with Gasteiger partial charge in [-0.1, -0.05) is 5.16 Å². The van der Waals surface area contributed by atoms with Gasteiger partial charge in [-0.05, 0) is 38.1 Å². The number of nitrogens with one attached hydrogen (secondary N) is 1. The number of benzene rings is 1. The van der Waals surface area contributed by atoms with Gasteiger partial charge in [-0.3, -0.25) is 19.1 Å². The Hall–Kier alpha value is -3.88. The average Bonchev–Trinajstić information content (AvgIpc) is 3.35. The molecule has 0 bridgehead atoms. The van der Waals surface area contributed by atoms with Crippen LogP contribution in [0.5, 0.6) is 5.75 Å². The molecule has 0 spiro atoms. The lowest BCUT2D eigenvalue weighted by atomic mass is 9.84. The summed E-state index contributed by atoms with van der Waals surface area (Å²) in [6.07, 6.45) is 0. The summed E-state index contributed by atoms with van der Waals surface area (Å²) in [4.78, 5) is 38.8. The largest absolute Gasteiger partial charge is 0.490 e. The maximum atomic E-state index is 13.0. The molecule has 3 rings (SSSR count). The Morgan fingerprint density at radius 3 is 2.51 bits per heavy atom. The van der Waals surface area contributed by atoms with Crippen LogP contribution in [0.3, 0.4) is 0 Å². The lowest BCUT2D eigenvalue weighted by Crippen LogP contribution is -2.76. The Morgan fingerprint density at radius 2 is 1.98 bits per heavy atom. The lowest BCUT2D eigenvalue weighted by molar-refractivity contribution is -0.218. The van der Waals surface area contributed by atoms with E-state index in [1.54, 1.807) is 24.3 Å². The molecule has 0 saturated carbocycles. The Kier molecular flexibility index (Phi) is 10.2. The first kappa shape index (κ1) is 31.6. The second-order valence-corrected chi connectivity index (χ2v) is 10.9. The number of nitrogens with two attached hydrogens (primary N) is 3. The zero-order valence-corrected chi connectivity index (χ0v) is 23.6. The third-order valence-corrected chi connectivity index (χ3v) is 6.67. The summed E-state index contributed by atoms with van der Waals surface area (Å²) in [7, 11) is -4.96. The number of hydrogen-bond acceptors (Lipinski definition) is 14. The molecule has 41 heavy (non-hydrogen) atoms. The van der Waals surface area contributed by atoms with Gasteiger partial charge in [0, 0.05) is 17.5 Å². The third-order valence-electron chi connectivity index (χ3n) is 5.65. The van der Waals surface area contributed by atoms with Gasteiger partial charge in [0.05, 0.1) is 18.2 Å². The zero-order chi connectivity index (χ0) is 30.4. The number of hydroxylamine groups is 2. The number of anilines is 1. The second kappa shape index (κ2) is 13.2. The van der Waals surface area contributed by atoms with E-state index in [0.717, 1.165) is 11.3 Å². The van der Waals surface area contributed by atoms with Crippen molar-refractivity contribution >= 4 is 50.2 Å². The van der Waals surface area contributed by atoms with Crippen molar-refractivity contribution in [2.45, 2.75) is 31.5 Å². The maximum Gasteiger partial charge on any atom is 0.418 e. The van der Waals surface area contributed by atoms with E-state index in [1.807, 2.05) is 0 Å². The first-order valence-electron chi connectivity index (χ1n) is 11.9. The number of aliphatic hydroxyl groups is 1. The lowest BCUT2D eigenvalue weighted by Gasteiger charge is -2.50. The molecule has 0 aliphatic carbocycles. The zero-order valence-electron chi connectivity index (χ0n) is 22.0. The van der Waals surface area contributed by atoms with E-state index in [0.29, 0.717) is 16.4 Å². The number of aliphatic imine (C=N–C) groups is 1. The Bertz CT molecular complexity index is 1410. The molecule has 17 nitrogen and oxygen atoms in total. The van der Waals surface area contributed by atoms with Gasteiger partial charge >= 0.3 is 10.4 Å². The fourth-order valence-electron chi connectivity index (χ4n) is 3.49. The van der Waals surface area contributed by atoms with Crippen LogP contribution in [0.4, 0.5) is 5.13 Å². The number of nitrogen functional groups attached to an aromatic ring is 1. The summed E-state index contributed by atoms with van der Waals surface area (Å²) in [6.45, 7) is 2.71. The van der Waals surface area contributed by atoms with Crippen molar-refractivity contribution in [2.24, 2.45) is 21.6 Å². The minimum Gasteiger partial charge on any atom is -0.490 e. The highest BCUT2D eigenvalue weighted by Gasteiger charge is 2.58. The van der Waals surface area contributed by atoms with Crippen molar-refractivity contribution in [1.29, 1.82) is 0 Å². The molecule has 1 aliphatic heterocycles. The number of amidine groups is 1. The molecule has 1 fully saturated rings. The van der Waals surface area contributed by atoms with Gasteiger partial charge in [0.15, 0.2) is 17.5 Å². The monoisotopic (exact) mass is 614 g/mol. The first-order valence-corrected chi connectivity index (χ1v) is 14.1. The number of oxime groups is 1. The number of aliphatic hydroxyl groups excluding tert-OH is 1. The summed E-state index contributed by atoms with van der Waals surface area (Å²) >= 11 is 1.05. The van der Waals surface area contributed by atoms with Crippen molar-refractivity contribution < 1.29 is 41.5 Å². The van der Waals surface area contributed by atoms with Gasteiger partial charge in [0.2, 0.25) is 0 Å². The van der Waals surface area contributed by atoms with Gasteiger partial charge in [-0.2, -0.15) is 13.5 Å². The molecule has 2 aromatic rings. The number of aromatic nitrogens is 1. The summed E-state index contributed by atoms with van der Waals surface area (Å²) in [6, 6.07) is 4.96. The molecule has 0 radical (unpaired) electrons. The van der Waals surface area contributed by atoms with Gasteiger partial charge in [-0.15, -0.1) is 15.6 Å². The topological polar surface area (TPSA) is 267 Å². The molecule has 1 aromatic carbocycles. The quantitative estimate of drug-likeness (QED) is 0.0349. The van der Waals surface area contributed by atoms with Crippen molar-refractivity contribution in [3.05, 3.63) is 40.9 Å². The normalized spacial score (nSPS) is 18.0. The highest BCUT2D eigenvalue weighted by atomic mass is 32.3. The fourth-order valence-corrected chi connectivity index (χ4v) is 4.49. The number of nitrogens with zero attached hydrogens (tertiary/aromatic N) is 4. The number of amides is 2. The smallest absolute Gasteiger partial charge is 0.418 e. The first-order chi connectivity index (χ1) is 19.3. The van der Waals surface area contributed by atoms with E-state index in [-0.39, 0.29) is 48.7 Å². The molecule has 0 unspecified atom stereocenters. The van der Waals surface area contributed by atoms with E-state index in [2.05, 4.69) is 24.7 Å². The standard InChI is InChI=1S/C22H30N8O9S2/c1-22(2)17(20(33)30(22)39-41(34,35)36)28-19(32)16(15-11-40-21(25)27-15)29-38-8-7-37-14-5-3-12(4-6-14)18(24)26-13(9-23)10-31/h3-6,11,13,17,31H,7-10,23H2,1-2H3,(H2,24,26)(H2,25,27)(H,28,32)(H,34,35,36)/t13-,17-/m1/s1. The highest BCUT2D eigenvalue weighted by Crippen LogP contribution is 2.33. The molecule has 9 N–H and O–H groups in total. The van der Waals surface area contributed by atoms with Gasteiger partial charge < -0.3 is 37.2 Å². The van der Waals surface area contributed by atoms with Gasteiger partial charge in [-0.25, -0.2) is 4.98 Å². The molecular weight excluding hydrogens is 584 g/mol. The maximum absolute atomic E-state index is 13.0. The van der Waals surface area contributed by atoms with E-state index >= 15 is 0 Å². The van der Waals surface area contributed by atoms with Gasteiger partial charge in [0.25, 0.3) is 11.8 Å². The Balaban J connectivity index is 1.60. The minimum absolute atomic E-state index is 0.0381. The van der Waals surface area contributed by atoms with Crippen LogP contribution in [0.1, 0.15) is 25.1 Å². The molecule has 1 aromatic heterocycles. The molecule has 2 heterocycles. The number of ether oxygens (including phenoxy) is 1. The van der Waals surface area contributed by atoms with Crippen LogP contribution in [-0.2, 0) is 29.1 Å². The number of rotatable bonds is 14. The third kappa shape index (κ3) is 8.08. The Morgan fingerprint density at radius 1 is 1.29 bits per heavy atom. The molecule has 2 amide bonds. The molecule has 224 valence electrons. The van der Waals surface area contributed by atoms with Crippen molar-refractivity contribution in [2.75, 3.05) is 32.1 Å². The number of hydrogen-bond donors (Lipinski definition) is 6. The van der Waals surface area contributed by atoms with Crippen LogP contribution >= 0.6 is 11.3 Å². The summed E-state index contributed by atoms with van der Waals surface area (Å²) < 4.78 is 40.8. The van der Waals surface area contributed by atoms with Crippen molar-refractivity contribution in [1.82, 2.24) is 15.4 Å². The van der Waals surface area contributed by atoms with E-state index in [1.165, 1.54) is 19.2 Å². The van der Waals surface area contributed by atoms with E-state index in [4.69, 9.17) is 31.3 Å². The van der Waals surface area contributed by atoms with E-state index in [9.17, 15) is 23.1 Å². The number of carbonyl (C=O) groups is 2. The average molecular weight is 615 g/mol. The van der Waals surface area contributed by atoms with Crippen LogP contribution in [0, 0.1) is 0 Å². The highest BCUT2D eigenvalue weighted by molar-refractivity contribution is 7.80. The van der Waals surface area contributed by atoms with Crippen molar-refractivity contribution in [3.63, 3.8) is 0 Å². The predicted molar refractivity (Wildman–Crippen MR) is 147 cm³/mol.